The number of nitrogens with one attached hydrogen (secondary N) is 1. The summed E-state index contributed by atoms with van der Waals surface area (Å²) in [6, 6.07) is 0. The zero-order chi connectivity index (χ0) is 13.4. The average Bonchev–Trinajstić information content (AvgIpc) is 2.24. The number of rotatable bonds is 10. The van der Waals surface area contributed by atoms with Crippen LogP contribution in [0.15, 0.2) is 0 Å². The Labute approximate surface area is 107 Å². The Morgan fingerprint density at radius 1 is 1.12 bits per heavy atom. The summed E-state index contributed by atoms with van der Waals surface area (Å²) in [5, 5.41) is 3.27. The van der Waals surface area contributed by atoms with Crippen molar-refractivity contribution in [1.82, 2.24) is 5.32 Å². The fourth-order valence-electron chi connectivity index (χ4n) is 2.42. The van der Waals surface area contributed by atoms with Crippen molar-refractivity contribution < 1.29 is 8.42 Å². The van der Waals surface area contributed by atoms with Gasteiger partial charge in [0.2, 0.25) is 0 Å². The van der Waals surface area contributed by atoms with Crippen LogP contribution in [0.4, 0.5) is 0 Å². The largest absolute Gasteiger partial charge is 0.319 e. The molecule has 0 bridgehead atoms. The smallest absolute Gasteiger partial charge is 0.147 e. The van der Waals surface area contributed by atoms with E-state index in [1.807, 2.05) is 7.05 Å². The molecule has 0 fully saturated rings. The van der Waals surface area contributed by atoms with Gasteiger partial charge in [-0.25, -0.2) is 8.42 Å². The van der Waals surface area contributed by atoms with Gasteiger partial charge in [-0.3, -0.25) is 0 Å². The lowest BCUT2D eigenvalue weighted by atomic mass is 9.76. The predicted molar refractivity (Wildman–Crippen MR) is 75.1 cm³/mol. The van der Waals surface area contributed by atoms with Gasteiger partial charge in [-0.1, -0.05) is 26.7 Å². The maximum Gasteiger partial charge on any atom is 0.147 e. The number of hydrogen-bond acceptors (Lipinski definition) is 3. The van der Waals surface area contributed by atoms with Gasteiger partial charge in [-0.2, -0.15) is 0 Å². The lowest BCUT2D eigenvalue weighted by Gasteiger charge is -2.33. The first-order valence-electron chi connectivity index (χ1n) is 6.71. The van der Waals surface area contributed by atoms with Crippen LogP contribution in [-0.2, 0) is 9.84 Å². The molecule has 0 aromatic heterocycles. The van der Waals surface area contributed by atoms with E-state index < -0.39 is 9.84 Å². The van der Waals surface area contributed by atoms with Crippen molar-refractivity contribution in [2.45, 2.75) is 52.4 Å². The molecule has 0 aromatic rings. The third-order valence-corrected chi connectivity index (χ3v) is 4.61. The molecule has 0 aromatic carbocycles. The summed E-state index contributed by atoms with van der Waals surface area (Å²) < 4.78 is 22.3. The van der Waals surface area contributed by atoms with Crippen molar-refractivity contribution in [1.29, 1.82) is 0 Å². The Morgan fingerprint density at radius 2 is 1.71 bits per heavy atom. The molecule has 0 spiro atoms. The van der Waals surface area contributed by atoms with Crippen LogP contribution in [0.3, 0.4) is 0 Å². The Bertz CT molecular complexity index is 288. The Kier molecular flexibility index (Phi) is 8.05. The summed E-state index contributed by atoms with van der Waals surface area (Å²) in [7, 11) is -0.832. The van der Waals surface area contributed by atoms with Crippen molar-refractivity contribution in [3.05, 3.63) is 0 Å². The third-order valence-electron chi connectivity index (χ3n) is 3.58. The standard InChI is InChI=1S/C13H29NO2S/c1-5-7-9-13(6-2,12-14-3)10-8-11-17(4,15)16/h14H,5-12H2,1-4H3. The monoisotopic (exact) mass is 263 g/mol. The molecule has 1 unspecified atom stereocenters. The number of sulfone groups is 1. The van der Waals surface area contributed by atoms with Crippen molar-refractivity contribution in [3.8, 4) is 0 Å². The molecule has 0 heterocycles. The molecular weight excluding hydrogens is 234 g/mol. The normalized spacial score (nSPS) is 15.8. The molecule has 0 radical (unpaired) electrons. The second-order valence-corrected chi connectivity index (χ2v) is 7.48. The van der Waals surface area contributed by atoms with Gasteiger partial charge in [-0.05, 0) is 38.1 Å². The molecule has 0 aliphatic carbocycles. The quantitative estimate of drug-likeness (QED) is 0.659. The highest BCUT2D eigenvalue weighted by Gasteiger charge is 2.26. The Balaban J connectivity index is 4.34. The zero-order valence-electron chi connectivity index (χ0n) is 11.9. The Hall–Kier alpha value is -0.0900. The molecule has 1 N–H and O–H groups in total. The molecule has 1 atom stereocenters. The fraction of sp³-hybridized carbons (Fsp3) is 1.00. The molecule has 0 aliphatic heterocycles. The third kappa shape index (κ3) is 7.77. The molecule has 104 valence electrons. The lowest BCUT2D eigenvalue weighted by Crippen LogP contribution is -2.32. The molecule has 0 aliphatic rings. The second kappa shape index (κ2) is 8.09. The minimum absolute atomic E-state index is 0.287. The van der Waals surface area contributed by atoms with E-state index in [1.165, 1.54) is 25.5 Å². The highest BCUT2D eigenvalue weighted by molar-refractivity contribution is 7.90. The molecule has 0 rings (SSSR count). The predicted octanol–water partition coefficient (Wildman–Crippen LogP) is 2.62. The number of unbranched alkanes of at least 4 members (excludes halogenated alkanes) is 1. The maximum atomic E-state index is 11.2. The van der Waals surface area contributed by atoms with Crippen molar-refractivity contribution in [3.63, 3.8) is 0 Å². The molecule has 0 amide bonds. The van der Waals surface area contributed by atoms with E-state index in [2.05, 4.69) is 19.2 Å². The SMILES string of the molecule is CCCCC(CC)(CCCS(C)(=O)=O)CNC. The van der Waals surface area contributed by atoms with Crippen LogP contribution in [-0.4, -0.2) is 34.0 Å². The molecule has 4 heteroatoms. The summed E-state index contributed by atoms with van der Waals surface area (Å²) in [5.74, 6) is 0.324. The first-order valence-corrected chi connectivity index (χ1v) is 8.77. The minimum Gasteiger partial charge on any atom is -0.319 e. The van der Waals surface area contributed by atoms with Gasteiger partial charge in [0, 0.05) is 18.6 Å². The van der Waals surface area contributed by atoms with Crippen LogP contribution in [0.2, 0.25) is 0 Å². The molecule has 17 heavy (non-hydrogen) atoms. The lowest BCUT2D eigenvalue weighted by molar-refractivity contribution is 0.215. The highest BCUT2D eigenvalue weighted by Crippen LogP contribution is 2.33. The summed E-state index contributed by atoms with van der Waals surface area (Å²) in [6.07, 6.45) is 7.88. The van der Waals surface area contributed by atoms with Gasteiger partial charge in [0.05, 0.1) is 0 Å². The fourth-order valence-corrected chi connectivity index (χ4v) is 3.09. The maximum absolute atomic E-state index is 11.2. The summed E-state index contributed by atoms with van der Waals surface area (Å²) in [4.78, 5) is 0. The average molecular weight is 263 g/mol. The van der Waals surface area contributed by atoms with Crippen molar-refractivity contribution >= 4 is 9.84 Å². The summed E-state index contributed by atoms with van der Waals surface area (Å²) in [6.45, 7) is 5.41. The van der Waals surface area contributed by atoms with Crippen LogP contribution in [0.1, 0.15) is 52.4 Å². The Morgan fingerprint density at radius 3 is 2.12 bits per heavy atom. The molecule has 3 nitrogen and oxygen atoms in total. The molecule has 0 saturated heterocycles. The first-order chi connectivity index (χ1) is 7.89. The van der Waals surface area contributed by atoms with E-state index >= 15 is 0 Å². The first kappa shape index (κ1) is 16.9. The minimum atomic E-state index is -2.81. The number of hydrogen-bond donors (Lipinski definition) is 1. The topological polar surface area (TPSA) is 46.2 Å². The van der Waals surface area contributed by atoms with E-state index in [-0.39, 0.29) is 5.41 Å². The second-order valence-electron chi connectivity index (χ2n) is 5.22. The van der Waals surface area contributed by atoms with Crippen LogP contribution < -0.4 is 5.32 Å². The van der Waals surface area contributed by atoms with E-state index in [4.69, 9.17) is 0 Å². The van der Waals surface area contributed by atoms with Gasteiger partial charge in [0.1, 0.15) is 9.84 Å². The highest BCUT2D eigenvalue weighted by atomic mass is 32.2. The van der Waals surface area contributed by atoms with Crippen LogP contribution >= 0.6 is 0 Å². The zero-order valence-corrected chi connectivity index (χ0v) is 12.7. The summed E-state index contributed by atoms with van der Waals surface area (Å²) >= 11 is 0. The van der Waals surface area contributed by atoms with E-state index in [9.17, 15) is 8.42 Å². The summed E-state index contributed by atoms with van der Waals surface area (Å²) in [5.41, 5.74) is 0.287. The van der Waals surface area contributed by atoms with Crippen molar-refractivity contribution in [2.24, 2.45) is 5.41 Å². The van der Waals surface area contributed by atoms with Gasteiger partial charge >= 0.3 is 0 Å². The van der Waals surface area contributed by atoms with Gasteiger partial charge in [-0.15, -0.1) is 0 Å². The van der Waals surface area contributed by atoms with Gasteiger partial charge in [0.15, 0.2) is 0 Å². The van der Waals surface area contributed by atoms with Gasteiger partial charge < -0.3 is 5.32 Å². The molecular formula is C13H29NO2S. The van der Waals surface area contributed by atoms with E-state index in [0.29, 0.717) is 5.75 Å². The van der Waals surface area contributed by atoms with E-state index in [0.717, 1.165) is 25.8 Å². The van der Waals surface area contributed by atoms with Crippen LogP contribution in [0.5, 0.6) is 0 Å². The van der Waals surface area contributed by atoms with Crippen LogP contribution in [0, 0.1) is 5.41 Å². The molecule has 0 saturated carbocycles. The van der Waals surface area contributed by atoms with Crippen LogP contribution in [0.25, 0.3) is 0 Å². The van der Waals surface area contributed by atoms with Crippen molar-refractivity contribution in [2.75, 3.05) is 25.6 Å². The van der Waals surface area contributed by atoms with Gasteiger partial charge in [0.25, 0.3) is 0 Å². The van der Waals surface area contributed by atoms with E-state index in [1.54, 1.807) is 0 Å².